The van der Waals surface area contributed by atoms with E-state index in [4.69, 9.17) is 0 Å². The Labute approximate surface area is 127 Å². The Kier molecular flexibility index (Phi) is 13.9. The molecule has 0 aliphatic rings. The summed E-state index contributed by atoms with van der Waals surface area (Å²) in [6.07, 6.45) is 16.2. The van der Waals surface area contributed by atoms with Crippen molar-refractivity contribution in [1.82, 2.24) is 0 Å². The fourth-order valence-corrected chi connectivity index (χ4v) is 4.05. The van der Waals surface area contributed by atoms with Gasteiger partial charge in [0.05, 0.1) is 5.75 Å². The molecule has 0 aliphatic heterocycles. The molecule has 0 fully saturated rings. The van der Waals surface area contributed by atoms with Crippen LogP contribution in [-0.4, -0.2) is 19.9 Å². The minimum absolute atomic E-state index is 0.366. The summed E-state index contributed by atoms with van der Waals surface area (Å²) in [5.41, 5.74) is 0. The topological polar surface area (TPSA) is 34.1 Å². The summed E-state index contributed by atoms with van der Waals surface area (Å²) in [7, 11) is -2.74. The second-order valence-corrected chi connectivity index (χ2v) is 8.34. The summed E-state index contributed by atoms with van der Waals surface area (Å²) in [4.78, 5) is 0. The van der Waals surface area contributed by atoms with Crippen molar-refractivity contribution in [2.45, 2.75) is 97.3 Å². The van der Waals surface area contributed by atoms with E-state index in [0.717, 1.165) is 19.3 Å². The van der Waals surface area contributed by atoms with Crippen LogP contribution in [0.1, 0.15) is 97.3 Å². The van der Waals surface area contributed by atoms with Crippen LogP contribution in [0.15, 0.2) is 0 Å². The number of hydrogen-bond acceptors (Lipinski definition) is 2. The molecule has 0 N–H and O–H groups in total. The highest BCUT2D eigenvalue weighted by molar-refractivity contribution is 7.91. The van der Waals surface area contributed by atoms with E-state index in [9.17, 15) is 8.42 Å². The van der Waals surface area contributed by atoms with Gasteiger partial charge >= 0.3 is 0 Å². The van der Waals surface area contributed by atoms with E-state index in [2.05, 4.69) is 6.92 Å². The molecule has 0 unspecified atom stereocenters. The molecule has 20 heavy (non-hydrogen) atoms. The maximum Gasteiger partial charge on any atom is 0.150 e. The Bertz CT molecular complexity index is 283. The van der Waals surface area contributed by atoms with Gasteiger partial charge in [-0.25, -0.2) is 8.42 Å². The summed E-state index contributed by atoms with van der Waals surface area (Å²) in [5.74, 6) is 0.767. The van der Waals surface area contributed by atoms with E-state index in [0.29, 0.717) is 11.5 Å². The molecule has 122 valence electrons. The van der Waals surface area contributed by atoms with Crippen LogP contribution in [0, 0.1) is 0 Å². The quantitative estimate of drug-likeness (QED) is 0.374. The molecular weight excluding hydrogens is 268 g/mol. The number of hydrogen-bond donors (Lipinski definition) is 0. The third kappa shape index (κ3) is 14.4. The molecule has 0 aromatic rings. The monoisotopic (exact) mass is 304 g/mol. The van der Waals surface area contributed by atoms with Crippen LogP contribution in [0.4, 0.5) is 0 Å². The van der Waals surface area contributed by atoms with Crippen molar-refractivity contribution in [1.29, 1.82) is 0 Å². The maximum absolute atomic E-state index is 11.5. The molecule has 0 amide bonds. The minimum atomic E-state index is -2.74. The van der Waals surface area contributed by atoms with Gasteiger partial charge in [0.15, 0.2) is 0 Å². The van der Waals surface area contributed by atoms with Crippen LogP contribution < -0.4 is 0 Å². The first-order chi connectivity index (χ1) is 9.62. The van der Waals surface area contributed by atoms with Crippen LogP contribution in [0.5, 0.6) is 0 Å². The van der Waals surface area contributed by atoms with Gasteiger partial charge in [-0.3, -0.25) is 0 Å². The predicted octanol–water partition coefficient (Wildman–Crippen LogP) is 5.51. The lowest BCUT2D eigenvalue weighted by Gasteiger charge is -2.04. The van der Waals surface area contributed by atoms with Gasteiger partial charge in [0.1, 0.15) is 9.84 Å². The molecule has 0 aromatic carbocycles. The van der Waals surface area contributed by atoms with Gasteiger partial charge in [0.25, 0.3) is 0 Å². The molecule has 0 spiro atoms. The number of sulfone groups is 1. The van der Waals surface area contributed by atoms with Gasteiger partial charge in [0, 0.05) is 5.75 Å². The Morgan fingerprint density at radius 3 is 1.30 bits per heavy atom. The third-order valence-electron chi connectivity index (χ3n) is 3.82. The van der Waals surface area contributed by atoms with Crippen molar-refractivity contribution in [3.8, 4) is 0 Å². The fourth-order valence-electron chi connectivity index (χ4n) is 2.58. The van der Waals surface area contributed by atoms with E-state index in [-0.39, 0.29) is 0 Å². The zero-order valence-electron chi connectivity index (χ0n) is 13.8. The molecule has 0 aromatic heterocycles. The largest absolute Gasteiger partial charge is 0.229 e. The van der Waals surface area contributed by atoms with Crippen molar-refractivity contribution in [3.05, 3.63) is 0 Å². The average Bonchev–Trinajstić information content (AvgIpc) is 2.40. The van der Waals surface area contributed by atoms with Gasteiger partial charge < -0.3 is 0 Å². The lowest BCUT2D eigenvalue weighted by molar-refractivity contribution is 0.545. The van der Waals surface area contributed by atoms with Crippen LogP contribution in [0.2, 0.25) is 0 Å². The Balaban J connectivity index is 3.17. The summed E-state index contributed by atoms with van der Waals surface area (Å²) >= 11 is 0. The van der Waals surface area contributed by atoms with Crippen molar-refractivity contribution < 1.29 is 8.42 Å². The van der Waals surface area contributed by atoms with Gasteiger partial charge in [-0.2, -0.15) is 0 Å². The van der Waals surface area contributed by atoms with Gasteiger partial charge in [0.2, 0.25) is 0 Å². The molecule has 0 saturated heterocycles. The molecule has 0 saturated carbocycles. The molecule has 0 bridgehead atoms. The molecule has 2 nitrogen and oxygen atoms in total. The van der Waals surface area contributed by atoms with Crippen molar-refractivity contribution in [3.63, 3.8) is 0 Å². The molecule has 0 radical (unpaired) electrons. The zero-order valence-corrected chi connectivity index (χ0v) is 14.6. The van der Waals surface area contributed by atoms with Gasteiger partial charge in [-0.1, -0.05) is 84.5 Å². The Morgan fingerprint density at radius 1 is 0.500 bits per heavy atom. The van der Waals surface area contributed by atoms with E-state index in [1.54, 1.807) is 0 Å². The van der Waals surface area contributed by atoms with Crippen molar-refractivity contribution >= 4 is 9.84 Å². The van der Waals surface area contributed by atoms with E-state index in [1.807, 2.05) is 6.92 Å². The van der Waals surface area contributed by atoms with Crippen LogP contribution >= 0.6 is 0 Å². The first kappa shape index (κ1) is 19.9. The van der Waals surface area contributed by atoms with Crippen molar-refractivity contribution in [2.24, 2.45) is 0 Å². The highest BCUT2D eigenvalue weighted by atomic mass is 32.2. The molecule has 0 atom stereocenters. The zero-order chi connectivity index (χ0) is 15.1. The number of unbranched alkanes of at least 4 members (excludes halogenated alkanes) is 11. The smallest absolute Gasteiger partial charge is 0.150 e. The van der Waals surface area contributed by atoms with Gasteiger partial charge in [-0.15, -0.1) is 0 Å². The summed E-state index contributed by atoms with van der Waals surface area (Å²) in [6.45, 7) is 4.19. The summed E-state index contributed by atoms with van der Waals surface area (Å²) < 4.78 is 23.0. The predicted molar refractivity (Wildman–Crippen MR) is 90.0 cm³/mol. The average molecular weight is 305 g/mol. The third-order valence-corrected chi connectivity index (χ3v) is 5.76. The molecule has 0 heterocycles. The second kappa shape index (κ2) is 13.9. The molecular formula is C17H36O2S. The Hall–Kier alpha value is -0.0500. The fraction of sp³-hybridized carbons (Fsp3) is 1.00. The van der Waals surface area contributed by atoms with E-state index >= 15 is 0 Å². The maximum atomic E-state index is 11.5. The first-order valence-electron chi connectivity index (χ1n) is 8.82. The second-order valence-electron chi connectivity index (χ2n) is 6.04. The van der Waals surface area contributed by atoms with Crippen LogP contribution in [0.25, 0.3) is 0 Å². The summed E-state index contributed by atoms with van der Waals surface area (Å²) in [6, 6.07) is 0. The molecule has 0 aliphatic carbocycles. The van der Waals surface area contributed by atoms with Gasteiger partial charge in [-0.05, 0) is 12.8 Å². The van der Waals surface area contributed by atoms with Crippen LogP contribution in [-0.2, 0) is 9.84 Å². The SMILES string of the molecule is CCCCCCCCCCCCCCS(=O)(=O)CCC. The Morgan fingerprint density at radius 2 is 0.900 bits per heavy atom. The highest BCUT2D eigenvalue weighted by Gasteiger charge is 2.07. The minimum Gasteiger partial charge on any atom is -0.229 e. The number of rotatable bonds is 15. The standard InChI is InChI=1S/C17H36O2S/c1-3-5-6-7-8-9-10-11-12-13-14-15-17-20(18,19)16-4-2/h3-17H2,1-2H3. The van der Waals surface area contributed by atoms with E-state index in [1.165, 1.54) is 64.2 Å². The lowest BCUT2D eigenvalue weighted by atomic mass is 10.1. The molecule has 3 heteroatoms. The highest BCUT2D eigenvalue weighted by Crippen LogP contribution is 2.12. The normalized spacial score (nSPS) is 11.9. The lowest BCUT2D eigenvalue weighted by Crippen LogP contribution is -2.10. The molecule has 0 rings (SSSR count). The van der Waals surface area contributed by atoms with E-state index < -0.39 is 9.84 Å². The first-order valence-corrected chi connectivity index (χ1v) is 10.6. The summed E-state index contributed by atoms with van der Waals surface area (Å²) in [5, 5.41) is 0. The van der Waals surface area contributed by atoms with Crippen LogP contribution in [0.3, 0.4) is 0 Å². The van der Waals surface area contributed by atoms with Crippen molar-refractivity contribution in [2.75, 3.05) is 11.5 Å².